The van der Waals surface area contributed by atoms with Gasteiger partial charge in [-0.3, -0.25) is 4.57 Å². The Bertz CT molecular complexity index is 523. The molecule has 1 fully saturated rings. The van der Waals surface area contributed by atoms with Crippen LogP contribution < -0.4 is 4.89 Å². The normalized spacial score (nSPS) is 23.6. The van der Waals surface area contributed by atoms with Gasteiger partial charge < -0.3 is 18.4 Å². The molecule has 0 aliphatic carbocycles. The molecule has 0 spiro atoms. The van der Waals surface area contributed by atoms with Crippen LogP contribution in [0.25, 0.3) is 0 Å². The number of hydrogen-bond acceptors (Lipinski definition) is 4. The Hall–Kier alpha value is 0.0700. The van der Waals surface area contributed by atoms with Gasteiger partial charge in [0.25, 0.3) is 7.82 Å². The number of nitrogens with zero attached hydrogens (tertiary/aromatic N) is 1. The van der Waals surface area contributed by atoms with Gasteiger partial charge in [0.1, 0.15) is 0 Å². The maximum atomic E-state index is 12.2. The van der Waals surface area contributed by atoms with Gasteiger partial charge in [0, 0.05) is 12.8 Å². The van der Waals surface area contributed by atoms with Crippen LogP contribution in [0.5, 0.6) is 0 Å². The second-order valence-corrected chi connectivity index (χ2v) is 12.4. The fourth-order valence-electron chi connectivity index (χ4n) is 5.16. The topological polar surface area (TPSA) is 58.6 Å². The first-order valence-corrected chi connectivity index (χ1v) is 16.3. The van der Waals surface area contributed by atoms with Crippen LogP contribution in [0.2, 0.25) is 0 Å². The Labute approximate surface area is 212 Å². The van der Waals surface area contributed by atoms with Crippen molar-refractivity contribution >= 4 is 7.82 Å². The summed E-state index contributed by atoms with van der Waals surface area (Å²) in [5, 5.41) is 0. The Morgan fingerprint density at radius 1 is 0.794 bits per heavy atom. The van der Waals surface area contributed by atoms with Gasteiger partial charge in [-0.2, -0.15) is 0 Å². The Balaban J connectivity index is 1.91. The van der Waals surface area contributed by atoms with Crippen LogP contribution in [0.15, 0.2) is 0 Å². The lowest BCUT2D eigenvalue weighted by molar-refractivity contribution is -0.936. The van der Waals surface area contributed by atoms with Crippen molar-refractivity contribution in [1.29, 1.82) is 0 Å². The lowest BCUT2D eigenvalue weighted by Gasteiger charge is -2.45. The second kappa shape index (κ2) is 19.2. The van der Waals surface area contributed by atoms with Gasteiger partial charge >= 0.3 is 0 Å². The molecule has 0 bridgehead atoms. The first-order chi connectivity index (χ1) is 16.3. The third kappa shape index (κ3) is 15.2. The predicted octanol–water partition coefficient (Wildman–Crippen LogP) is 8.16. The summed E-state index contributed by atoms with van der Waals surface area (Å²) < 4.78 is 23.7. The summed E-state index contributed by atoms with van der Waals surface area (Å²) in [6.45, 7) is 8.97. The summed E-state index contributed by atoms with van der Waals surface area (Å²) in [6.07, 6.45) is 23.4. The van der Waals surface area contributed by atoms with Crippen LogP contribution in [0.1, 0.15) is 143 Å². The highest BCUT2D eigenvalue weighted by Gasteiger charge is 2.35. The predicted molar refractivity (Wildman–Crippen MR) is 143 cm³/mol. The van der Waals surface area contributed by atoms with E-state index in [-0.39, 0.29) is 12.7 Å². The maximum Gasteiger partial charge on any atom is 0.268 e. The van der Waals surface area contributed by atoms with Crippen molar-refractivity contribution in [2.45, 2.75) is 155 Å². The van der Waals surface area contributed by atoms with E-state index in [2.05, 4.69) is 27.8 Å². The molecule has 1 aliphatic heterocycles. The number of phosphoric acid groups is 1. The summed E-state index contributed by atoms with van der Waals surface area (Å²) in [5.41, 5.74) is 0. The number of phosphoric ester groups is 1. The Morgan fingerprint density at radius 3 is 1.62 bits per heavy atom. The van der Waals surface area contributed by atoms with Gasteiger partial charge in [0.15, 0.2) is 0 Å². The Kier molecular flexibility index (Phi) is 18.1. The molecule has 0 aromatic heterocycles. The summed E-state index contributed by atoms with van der Waals surface area (Å²) >= 11 is 0. The molecular weight excluding hydrogens is 445 g/mol. The summed E-state index contributed by atoms with van der Waals surface area (Å²) in [6, 6.07) is 0.603. The first-order valence-electron chi connectivity index (χ1n) is 14.8. The van der Waals surface area contributed by atoms with E-state index in [1.165, 1.54) is 89.9 Å². The van der Waals surface area contributed by atoms with Crippen molar-refractivity contribution < 1.29 is 23.0 Å². The summed E-state index contributed by atoms with van der Waals surface area (Å²) in [7, 11) is -1.91. The van der Waals surface area contributed by atoms with Crippen molar-refractivity contribution in [1.82, 2.24) is 0 Å². The molecule has 0 radical (unpaired) electrons. The van der Waals surface area contributed by atoms with E-state index in [1.54, 1.807) is 0 Å². The molecule has 0 aromatic carbocycles. The largest absolute Gasteiger partial charge is 0.756 e. The molecule has 34 heavy (non-hydrogen) atoms. The SMILES string of the molecule is CCCCCCCCCCCCCCCCCCOP(=O)([O-])OC1CC[N+](C)(C(C)CC)CC1. The van der Waals surface area contributed by atoms with Gasteiger partial charge in [-0.25, -0.2) is 0 Å². The van der Waals surface area contributed by atoms with E-state index < -0.39 is 7.82 Å². The molecule has 1 aliphatic rings. The minimum Gasteiger partial charge on any atom is -0.756 e. The molecule has 1 saturated heterocycles. The van der Waals surface area contributed by atoms with E-state index >= 15 is 0 Å². The number of unbranched alkanes of at least 4 members (excludes halogenated alkanes) is 15. The van der Waals surface area contributed by atoms with Crippen molar-refractivity contribution in [3.05, 3.63) is 0 Å². The molecule has 1 rings (SSSR count). The van der Waals surface area contributed by atoms with Crippen LogP contribution in [-0.4, -0.2) is 43.4 Å². The minimum atomic E-state index is -4.18. The first kappa shape index (κ1) is 32.1. The number of quaternary nitrogens is 1. The quantitative estimate of drug-likeness (QED) is 0.0849. The molecule has 0 saturated carbocycles. The van der Waals surface area contributed by atoms with Crippen molar-refractivity contribution in [3.8, 4) is 0 Å². The molecule has 1 heterocycles. The molecule has 5 nitrogen and oxygen atoms in total. The minimum absolute atomic E-state index is 0.218. The zero-order valence-corrected chi connectivity index (χ0v) is 24.1. The third-order valence-corrected chi connectivity index (χ3v) is 9.16. The molecule has 2 unspecified atom stereocenters. The van der Waals surface area contributed by atoms with E-state index in [1.807, 2.05) is 0 Å². The average molecular weight is 504 g/mol. The van der Waals surface area contributed by atoms with E-state index in [0.717, 1.165) is 49.7 Å². The lowest BCUT2D eigenvalue weighted by atomic mass is 10.0. The van der Waals surface area contributed by atoms with Crippen molar-refractivity contribution in [2.75, 3.05) is 26.7 Å². The number of likely N-dealkylation sites (tertiary alicyclic amines) is 1. The zero-order chi connectivity index (χ0) is 25.1. The summed E-state index contributed by atoms with van der Waals surface area (Å²) in [5.74, 6) is 0. The smallest absolute Gasteiger partial charge is 0.268 e. The molecular formula is C28H58NO4P. The molecule has 6 heteroatoms. The zero-order valence-electron chi connectivity index (χ0n) is 23.2. The van der Waals surface area contributed by atoms with Gasteiger partial charge in [-0.05, 0) is 19.8 Å². The van der Waals surface area contributed by atoms with E-state index in [0.29, 0.717) is 6.04 Å². The highest BCUT2D eigenvalue weighted by molar-refractivity contribution is 7.45. The molecule has 0 N–H and O–H groups in total. The number of piperidine rings is 1. The Morgan fingerprint density at radius 2 is 1.21 bits per heavy atom. The van der Waals surface area contributed by atoms with Gasteiger partial charge in [0.05, 0.1) is 38.9 Å². The van der Waals surface area contributed by atoms with Crippen molar-refractivity contribution in [3.63, 3.8) is 0 Å². The van der Waals surface area contributed by atoms with E-state index in [9.17, 15) is 9.46 Å². The fraction of sp³-hybridized carbons (Fsp3) is 1.00. The van der Waals surface area contributed by atoms with Crippen LogP contribution in [0.4, 0.5) is 0 Å². The van der Waals surface area contributed by atoms with E-state index in [4.69, 9.17) is 9.05 Å². The maximum absolute atomic E-state index is 12.2. The number of hydrogen-bond donors (Lipinski definition) is 0. The molecule has 204 valence electrons. The van der Waals surface area contributed by atoms with Gasteiger partial charge in [0.2, 0.25) is 0 Å². The third-order valence-electron chi connectivity index (χ3n) is 8.10. The standard InChI is InChI=1S/C28H58NO4P/c1-5-7-8-9-10-11-12-13-14-15-16-17-18-19-20-21-26-32-34(30,31)33-28-22-24-29(4,25-23-28)27(3)6-2/h27-28H,5-26H2,1-4H3. The highest BCUT2D eigenvalue weighted by Crippen LogP contribution is 2.42. The molecule has 0 aromatic rings. The average Bonchev–Trinajstić information content (AvgIpc) is 2.82. The molecule has 2 atom stereocenters. The van der Waals surface area contributed by atoms with Crippen LogP contribution in [-0.2, 0) is 13.6 Å². The highest BCUT2D eigenvalue weighted by atomic mass is 31.2. The van der Waals surface area contributed by atoms with Crippen LogP contribution in [0, 0.1) is 0 Å². The van der Waals surface area contributed by atoms with Crippen LogP contribution >= 0.6 is 7.82 Å². The summed E-state index contributed by atoms with van der Waals surface area (Å²) in [4.78, 5) is 12.2. The monoisotopic (exact) mass is 503 g/mol. The number of rotatable bonds is 22. The fourth-order valence-corrected chi connectivity index (χ4v) is 6.15. The van der Waals surface area contributed by atoms with Crippen LogP contribution in [0.3, 0.4) is 0 Å². The van der Waals surface area contributed by atoms with Crippen molar-refractivity contribution in [2.24, 2.45) is 0 Å². The second-order valence-electron chi connectivity index (χ2n) is 11.1. The lowest BCUT2D eigenvalue weighted by Crippen LogP contribution is -2.56. The molecule has 0 amide bonds. The van der Waals surface area contributed by atoms with Gasteiger partial charge in [-0.1, -0.05) is 110 Å². The van der Waals surface area contributed by atoms with Gasteiger partial charge in [-0.15, -0.1) is 0 Å².